The highest BCUT2D eigenvalue weighted by Crippen LogP contribution is 2.20. The monoisotopic (exact) mass is 311 g/mol. The van der Waals surface area contributed by atoms with Crippen molar-refractivity contribution >= 4 is 5.91 Å². The summed E-state index contributed by atoms with van der Waals surface area (Å²) in [6.07, 6.45) is 0.412. The van der Waals surface area contributed by atoms with Gasteiger partial charge in [0, 0.05) is 0 Å². The van der Waals surface area contributed by atoms with Crippen LogP contribution in [0.3, 0.4) is 0 Å². The maximum atomic E-state index is 12.0. The molecular formula is C20H25NO2. The predicted molar refractivity (Wildman–Crippen MR) is 94.0 cm³/mol. The molecule has 0 aromatic heterocycles. The molecule has 0 saturated heterocycles. The van der Waals surface area contributed by atoms with Crippen molar-refractivity contribution in [1.82, 2.24) is 5.32 Å². The third kappa shape index (κ3) is 4.85. The predicted octanol–water partition coefficient (Wildman–Crippen LogP) is 3.66. The van der Waals surface area contributed by atoms with Gasteiger partial charge < -0.3 is 10.1 Å². The summed E-state index contributed by atoms with van der Waals surface area (Å²) in [5, 5.41) is 2.91. The molecule has 0 saturated carbocycles. The fourth-order valence-corrected chi connectivity index (χ4v) is 2.51. The van der Waals surface area contributed by atoms with Gasteiger partial charge in [-0.05, 0) is 56.0 Å². The van der Waals surface area contributed by atoms with Gasteiger partial charge in [-0.3, -0.25) is 4.79 Å². The summed E-state index contributed by atoms with van der Waals surface area (Å²) in [6, 6.07) is 12.2. The fraction of sp³-hybridized carbons (Fsp3) is 0.350. The van der Waals surface area contributed by atoms with Gasteiger partial charge in [0.05, 0.1) is 13.0 Å². The molecule has 2 aromatic rings. The Bertz CT molecular complexity index is 692. The normalized spacial score (nSPS) is 10.4. The van der Waals surface area contributed by atoms with Gasteiger partial charge in [0.1, 0.15) is 12.4 Å². The first-order chi connectivity index (χ1) is 11.0. The number of aryl methyl sites for hydroxylation is 3. The summed E-state index contributed by atoms with van der Waals surface area (Å²) >= 11 is 0. The molecule has 0 heterocycles. The third-order valence-electron chi connectivity index (χ3n) is 4.09. The quantitative estimate of drug-likeness (QED) is 0.827. The minimum absolute atomic E-state index is 0.0292. The second-order valence-corrected chi connectivity index (χ2v) is 6.00. The Morgan fingerprint density at radius 3 is 2.57 bits per heavy atom. The van der Waals surface area contributed by atoms with Crippen LogP contribution in [0, 0.1) is 27.7 Å². The second-order valence-electron chi connectivity index (χ2n) is 6.00. The zero-order valence-electron chi connectivity index (χ0n) is 14.4. The Hall–Kier alpha value is -2.29. The second kappa shape index (κ2) is 7.82. The van der Waals surface area contributed by atoms with E-state index in [2.05, 4.69) is 31.3 Å². The summed E-state index contributed by atoms with van der Waals surface area (Å²) in [7, 11) is 0. The van der Waals surface area contributed by atoms with Gasteiger partial charge in [-0.25, -0.2) is 0 Å². The van der Waals surface area contributed by atoms with E-state index in [1.165, 1.54) is 11.1 Å². The minimum atomic E-state index is 0.0292. The van der Waals surface area contributed by atoms with E-state index in [-0.39, 0.29) is 5.91 Å². The van der Waals surface area contributed by atoms with E-state index in [1.807, 2.05) is 38.1 Å². The Kier molecular flexibility index (Phi) is 5.80. The zero-order chi connectivity index (χ0) is 16.8. The summed E-state index contributed by atoms with van der Waals surface area (Å²) in [6.45, 7) is 9.19. The number of hydrogen-bond donors (Lipinski definition) is 1. The van der Waals surface area contributed by atoms with Crippen LogP contribution in [0.5, 0.6) is 5.75 Å². The van der Waals surface area contributed by atoms with Crippen LogP contribution in [0.1, 0.15) is 27.8 Å². The van der Waals surface area contributed by atoms with Crippen molar-refractivity contribution in [3.8, 4) is 5.75 Å². The van der Waals surface area contributed by atoms with Crippen LogP contribution in [0.25, 0.3) is 0 Å². The largest absolute Gasteiger partial charge is 0.491 e. The average molecular weight is 311 g/mol. The Morgan fingerprint density at radius 1 is 1.04 bits per heavy atom. The minimum Gasteiger partial charge on any atom is -0.491 e. The Labute approximate surface area is 138 Å². The van der Waals surface area contributed by atoms with E-state index in [1.54, 1.807) is 0 Å². The topological polar surface area (TPSA) is 38.3 Å². The number of hydrogen-bond acceptors (Lipinski definition) is 2. The maximum Gasteiger partial charge on any atom is 0.224 e. The molecular weight excluding hydrogens is 286 g/mol. The van der Waals surface area contributed by atoms with Gasteiger partial charge in [-0.2, -0.15) is 0 Å². The Morgan fingerprint density at radius 2 is 1.83 bits per heavy atom. The van der Waals surface area contributed by atoms with Crippen LogP contribution < -0.4 is 10.1 Å². The van der Waals surface area contributed by atoms with Crippen molar-refractivity contribution in [3.05, 3.63) is 64.2 Å². The number of carbonyl (C=O) groups excluding carboxylic acids is 1. The molecule has 2 aromatic carbocycles. The number of benzene rings is 2. The molecule has 23 heavy (non-hydrogen) atoms. The number of amides is 1. The van der Waals surface area contributed by atoms with Crippen molar-refractivity contribution in [2.45, 2.75) is 34.1 Å². The lowest BCUT2D eigenvalue weighted by Crippen LogP contribution is -2.29. The van der Waals surface area contributed by atoms with Gasteiger partial charge in [0.25, 0.3) is 0 Å². The molecule has 0 atom stereocenters. The van der Waals surface area contributed by atoms with Crippen LogP contribution in [0.2, 0.25) is 0 Å². The first kappa shape index (κ1) is 17.1. The highest BCUT2D eigenvalue weighted by molar-refractivity contribution is 5.78. The highest BCUT2D eigenvalue weighted by atomic mass is 16.5. The van der Waals surface area contributed by atoms with Gasteiger partial charge >= 0.3 is 0 Å². The molecule has 0 aliphatic carbocycles. The number of carbonyl (C=O) groups is 1. The van der Waals surface area contributed by atoms with E-state index in [0.29, 0.717) is 19.6 Å². The van der Waals surface area contributed by atoms with E-state index in [0.717, 1.165) is 22.4 Å². The van der Waals surface area contributed by atoms with Crippen molar-refractivity contribution in [2.75, 3.05) is 13.2 Å². The van der Waals surface area contributed by atoms with Crippen molar-refractivity contribution in [3.63, 3.8) is 0 Å². The molecule has 3 nitrogen and oxygen atoms in total. The van der Waals surface area contributed by atoms with Crippen LogP contribution in [-0.2, 0) is 11.2 Å². The molecule has 1 amide bonds. The first-order valence-electron chi connectivity index (χ1n) is 7.99. The van der Waals surface area contributed by atoms with Crippen LogP contribution in [-0.4, -0.2) is 19.1 Å². The number of nitrogens with one attached hydrogen (secondary N) is 1. The van der Waals surface area contributed by atoms with E-state index < -0.39 is 0 Å². The molecule has 0 bridgehead atoms. The molecule has 2 rings (SSSR count). The fourth-order valence-electron chi connectivity index (χ4n) is 2.51. The lowest BCUT2D eigenvalue weighted by Gasteiger charge is -2.12. The van der Waals surface area contributed by atoms with E-state index >= 15 is 0 Å². The lowest BCUT2D eigenvalue weighted by atomic mass is 10.0. The lowest BCUT2D eigenvalue weighted by molar-refractivity contribution is -0.120. The molecule has 0 radical (unpaired) electrons. The number of ether oxygens (including phenoxy) is 1. The van der Waals surface area contributed by atoms with Gasteiger partial charge in [0.2, 0.25) is 5.91 Å². The summed E-state index contributed by atoms with van der Waals surface area (Å²) in [4.78, 5) is 12.0. The molecule has 0 aliphatic rings. The maximum absolute atomic E-state index is 12.0. The third-order valence-corrected chi connectivity index (χ3v) is 4.09. The van der Waals surface area contributed by atoms with E-state index in [9.17, 15) is 4.79 Å². The molecule has 0 unspecified atom stereocenters. The summed E-state index contributed by atoms with van der Waals surface area (Å²) < 4.78 is 5.74. The average Bonchev–Trinajstić information content (AvgIpc) is 2.50. The SMILES string of the molecule is Cc1ccc(CC(=O)NCCOc2cccc(C)c2C)c(C)c1. The number of rotatable bonds is 6. The van der Waals surface area contributed by atoms with Crippen LogP contribution in [0.15, 0.2) is 36.4 Å². The van der Waals surface area contributed by atoms with Crippen LogP contribution >= 0.6 is 0 Å². The Balaban J connectivity index is 1.78. The van der Waals surface area contributed by atoms with Crippen molar-refractivity contribution in [1.29, 1.82) is 0 Å². The van der Waals surface area contributed by atoms with Gasteiger partial charge in [-0.15, -0.1) is 0 Å². The van der Waals surface area contributed by atoms with E-state index in [4.69, 9.17) is 4.74 Å². The van der Waals surface area contributed by atoms with Crippen molar-refractivity contribution in [2.24, 2.45) is 0 Å². The summed E-state index contributed by atoms with van der Waals surface area (Å²) in [5.41, 5.74) is 5.81. The van der Waals surface area contributed by atoms with Crippen molar-refractivity contribution < 1.29 is 9.53 Å². The molecule has 0 spiro atoms. The molecule has 1 N–H and O–H groups in total. The molecule has 3 heteroatoms. The smallest absolute Gasteiger partial charge is 0.224 e. The van der Waals surface area contributed by atoms with Crippen LogP contribution in [0.4, 0.5) is 0 Å². The molecule has 122 valence electrons. The molecule has 0 aliphatic heterocycles. The molecule has 0 fully saturated rings. The summed E-state index contributed by atoms with van der Waals surface area (Å²) in [5.74, 6) is 0.912. The highest BCUT2D eigenvalue weighted by Gasteiger charge is 2.06. The van der Waals surface area contributed by atoms with Gasteiger partial charge in [-0.1, -0.05) is 35.9 Å². The first-order valence-corrected chi connectivity index (χ1v) is 7.99. The van der Waals surface area contributed by atoms with Gasteiger partial charge in [0.15, 0.2) is 0 Å². The standard InChI is InChI=1S/C20H25NO2/c1-14-8-9-18(16(3)12-14)13-20(22)21-10-11-23-19-7-5-6-15(2)17(19)4/h5-9,12H,10-11,13H2,1-4H3,(H,21,22). The zero-order valence-corrected chi connectivity index (χ0v) is 14.4.